The molecule has 1 atom stereocenters. The van der Waals surface area contributed by atoms with Crippen LogP contribution in [-0.2, 0) is 4.79 Å². The minimum absolute atomic E-state index is 0.129. The second kappa shape index (κ2) is 5.99. The molecule has 0 aromatic heterocycles. The molecular weight excluding hydrogens is 246 g/mol. The van der Waals surface area contributed by atoms with E-state index in [1.165, 1.54) is 17.7 Å². The predicted molar refractivity (Wildman–Crippen MR) is 85.2 cm³/mol. The van der Waals surface area contributed by atoms with Crippen LogP contribution >= 0.6 is 0 Å². The largest absolute Gasteiger partial charge is 0.371 e. The number of hydrogen-bond acceptors (Lipinski definition) is 2. The summed E-state index contributed by atoms with van der Waals surface area (Å²) in [6.45, 7) is 10.3. The third kappa shape index (κ3) is 3.23. The van der Waals surface area contributed by atoms with Crippen LogP contribution < -0.4 is 4.90 Å². The van der Waals surface area contributed by atoms with Gasteiger partial charge >= 0.3 is 0 Å². The predicted octanol–water partition coefficient (Wildman–Crippen LogP) is 4.22. The molecule has 0 spiro atoms. The summed E-state index contributed by atoms with van der Waals surface area (Å²) in [5.41, 5.74) is 2.38. The number of Topliss-reactive ketones (excluding diaryl/α,β-unsaturated/α-hetero) is 1. The molecular formula is C18H27NO. The molecule has 1 aromatic carbocycles. The molecule has 1 aliphatic carbocycles. The first-order valence-electron chi connectivity index (χ1n) is 7.80. The molecule has 2 heteroatoms. The van der Waals surface area contributed by atoms with Crippen LogP contribution in [0, 0.1) is 18.3 Å². The SMILES string of the molecule is CCN(CC1CCCC(C)(C)C1=O)c1ccc(C)cc1. The number of carbonyl (C=O) groups is 1. The highest BCUT2D eigenvalue weighted by Crippen LogP contribution is 2.36. The fraction of sp³-hybridized carbons (Fsp3) is 0.611. The lowest BCUT2D eigenvalue weighted by Gasteiger charge is -2.36. The van der Waals surface area contributed by atoms with Crippen LogP contribution in [-0.4, -0.2) is 18.9 Å². The van der Waals surface area contributed by atoms with Crippen LogP contribution in [0.2, 0.25) is 0 Å². The van der Waals surface area contributed by atoms with Crippen LogP contribution in [0.4, 0.5) is 5.69 Å². The number of rotatable bonds is 4. The lowest BCUT2D eigenvalue weighted by atomic mass is 9.71. The number of anilines is 1. The molecule has 0 heterocycles. The minimum Gasteiger partial charge on any atom is -0.371 e. The molecule has 2 nitrogen and oxygen atoms in total. The van der Waals surface area contributed by atoms with E-state index in [0.717, 1.165) is 25.9 Å². The molecule has 0 saturated heterocycles. The Hall–Kier alpha value is -1.31. The van der Waals surface area contributed by atoms with Crippen LogP contribution in [0.15, 0.2) is 24.3 Å². The first kappa shape index (κ1) is 15.1. The van der Waals surface area contributed by atoms with Gasteiger partial charge in [0.2, 0.25) is 0 Å². The van der Waals surface area contributed by atoms with Crippen molar-refractivity contribution >= 4 is 11.5 Å². The fourth-order valence-electron chi connectivity index (χ4n) is 3.21. The van der Waals surface area contributed by atoms with Crippen LogP contribution in [0.1, 0.15) is 45.6 Å². The van der Waals surface area contributed by atoms with E-state index < -0.39 is 0 Å². The van der Waals surface area contributed by atoms with E-state index in [-0.39, 0.29) is 11.3 Å². The summed E-state index contributed by atoms with van der Waals surface area (Å²) in [7, 11) is 0. The molecule has 1 unspecified atom stereocenters. The molecule has 0 amide bonds. The normalized spacial score (nSPS) is 21.8. The maximum atomic E-state index is 12.6. The molecule has 0 N–H and O–H groups in total. The van der Waals surface area contributed by atoms with E-state index in [9.17, 15) is 4.79 Å². The van der Waals surface area contributed by atoms with Gasteiger partial charge in [-0.15, -0.1) is 0 Å². The molecule has 20 heavy (non-hydrogen) atoms. The van der Waals surface area contributed by atoms with Crippen molar-refractivity contribution < 1.29 is 4.79 Å². The summed E-state index contributed by atoms with van der Waals surface area (Å²) >= 11 is 0. The van der Waals surface area contributed by atoms with Gasteiger partial charge in [0.15, 0.2) is 0 Å². The summed E-state index contributed by atoms with van der Waals surface area (Å²) < 4.78 is 0. The average molecular weight is 273 g/mol. The number of aryl methyl sites for hydroxylation is 1. The minimum atomic E-state index is -0.129. The summed E-state index contributed by atoms with van der Waals surface area (Å²) in [6, 6.07) is 8.61. The maximum Gasteiger partial charge on any atom is 0.143 e. The highest BCUT2D eigenvalue weighted by Gasteiger charge is 2.37. The Kier molecular flexibility index (Phi) is 4.52. The lowest BCUT2D eigenvalue weighted by molar-refractivity contribution is -0.133. The van der Waals surface area contributed by atoms with Gasteiger partial charge in [-0.3, -0.25) is 4.79 Å². The van der Waals surface area contributed by atoms with Crippen molar-refractivity contribution in [1.29, 1.82) is 0 Å². The number of benzene rings is 1. The monoisotopic (exact) mass is 273 g/mol. The molecule has 0 aliphatic heterocycles. The highest BCUT2D eigenvalue weighted by atomic mass is 16.1. The molecule has 1 aromatic rings. The quantitative estimate of drug-likeness (QED) is 0.818. The van der Waals surface area contributed by atoms with E-state index in [1.807, 2.05) is 0 Å². The zero-order valence-corrected chi connectivity index (χ0v) is 13.3. The van der Waals surface area contributed by atoms with E-state index >= 15 is 0 Å². The molecule has 2 rings (SSSR count). The fourth-order valence-corrected chi connectivity index (χ4v) is 3.21. The van der Waals surface area contributed by atoms with E-state index in [1.54, 1.807) is 0 Å². The van der Waals surface area contributed by atoms with Gasteiger partial charge in [0, 0.05) is 30.1 Å². The Morgan fingerprint density at radius 3 is 2.50 bits per heavy atom. The average Bonchev–Trinajstić information content (AvgIpc) is 2.42. The first-order valence-corrected chi connectivity index (χ1v) is 7.80. The molecule has 1 aliphatic rings. The van der Waals surface area contributed by atoms with Crippen molar-refractivity contribution in [2.45, 2.75) is 47.0 Å². The van der Waals surface area contributed by atoms with Crippen molar-refractivity contribution in [3.63, 3.8) is 0 Å². The molecule has 1 saturated carbocycles. The van der Waals surface area contributed by atoms with Gasteiger partial charge in [-0.05, 0) is 38.8 Å². The number of ketones is 1. The summed E-state index contributed by atoms with van der Waals surface area (Å²) in [6.07, 6.45) is 3.26. The van der Waals surface area contributed by atoms with Crippen molar-refractivity contribution in [3.8, 4) is 0 Å². The van der Waals surface area contributed by atoms with Gasteiger partial charge < -0.3 is 4.90 Å². The molecule has 0 bridgehead atoms. The smallest absolute Gasteiger partial charge is 0.143 e. The Labute approximate surface area is 123 Å². The third-order valence-electron chi connectivity index (χ3n) is 4.61. The topological polar surface area (TPSA) is 20.3 Å². The second-order valence-electron chi connectivity index (χ2n) is 6.71. The van der Waals surface area contributed by atoms with Crippen molar-refractivity contribution in [1.82, 2.24) is 0 Å². The van der Waals surface area contributed by atoms with Crippen molar-refractivity contribution in [3.05, 3.63) is 29.8 Å². The van der Waals surface area contributed by atoms with Gasteiger partial charge in [-0.25, -0.2) is 0 Å². The molecule has 0 radical (unpaired) electrons. The van der Waals surface area contributed by atoms with Gasteiger partial charge in [0.1, 0.15) is 5.78 Å². The Bertz CT molecular complexity index is 461. The van der Waals surface area contributed by atoms with E-state index in [2.05, 4.69) is 56.9 Å². The number of nitrogens with zero attached hydrogens (tertiary/aromatic N) is 1. The summed E-state index contributed by atoms with van der Waals surface area (Å²) in [5.74, 6) is 0.648. The Balaban J connectivity index is 2.10. The third-order valence-corrected chi connectivity index (χ3v) is 4.61. The number of hydrogen-bond donors (Lipinski definition) is 0. The van der Waals surface area contributed by atoms with Gasteiger partial charge in [0.05, 0.1) is 0 Å². The summed E-state index contributed by atoms with van der Waals surface area (Å²) in [4.78, 5) is 14.9. The zero-order chi connectivity index (χ0) is 14.8. The lowest BCUT2D eigenvalue weighted by Crippen LogP contribution is -2.41. The Morgan fingerprint density at radius 1 is 1.25 bits per heavy atom. The maximum absolute atomic E-state index is 12.6. The molecule has 110 valence electrons. The van der Waals surface area contributed by atoms with Gasteiger partial charge in [-0.2, -0.15) is 0 Å². The zero-order valence-electron chi connectivity index (χ0n) is 13.3. The standard InChI is InChI=1S/C18H27NO/c1-5-19(16-10-8-14(2)9-11-16)13-15-7-6-12-18(3,4)17(15)20/h8-11,15H,5-7,12-13H2,1-4H3. The summed E-state index contributed by atoms with van der Waals surface area (Å²) in [5, 5.41) is 0. The van der Waals surface area contributed by atoms with E-state index in [4.69, 9.17) is 0 Å². The highest BCUT2D eigenvalue weighted by molar-refractivity contribution is 5.87. The van der Waals surface area contributed by atoms with Crippen LogP contribution in [0.3, 0.4) is 0 Å². The van der Waals surface area contributed by atoms with Crippen molar-refractivity contribution in [2.24, 2.45) is 11.3 Å². The van der Waals surface area contributed by atoms with Crippen LogP contribution in [0.5, 0.6) is 0 Å². The van der Waals surface area contributed by atoms with Gasteiger partial charge in [0.25, 0.3) is 0 Å². The first-order chi connectivity index (χ1) is 9.44. The molecule has 1 fully saturated rings. The van der Waals surface area contributed by atoms with Gasteiger partial charge in [-0.1, -0.05) is 38.0 Å². The van der Waals surface area contributed by atoms with Crippen LogP contribution in [0.25, 0.3) is 0 Å². The second-order valence-corrected chi connectivity index (χ2v) is 6.71. The van der Waals surface area contributed by atoms with Crippen molar-refractivity contribution in [2.75, 3.05) is 18.0 Å². The Morgan fingerprint density at radius 2 is 1.90 bits per heavy atom. The van der Waals surface area contributed by atoms with E-state index in [0.29, 0.717) is 5.78 Å². The number of carbonyl (C=O) groups excluding carboxylic acids is 1.